The molecule has 8 heteroatoms. The zero-order valence-corrected chi connectivity index (χ0v) is 14.9. The quantitative estimate of drug-likeness (QED) is 0.857. The molecule has 1 fully saturated rings. The third-order valence-electron chi connectivity index (χ3n) is 4.22. The van der Waals surface area contributed by atoms with E-state index in [0.717, 1.165) is 31.4 Å². The predicted octanol–water partition coefficient (Wildman–Crippen LogP) is 1.60. The Hall–Kier alpha value is -1.96. The fraction of sp³-hybridized carbons (Fsp3) is 0.625. The van der Waals surface area contributed by atoms with E-state index in [2.05, 4.69) is 22.3 Å². The van der Waals surface area contributed by atoms with Gasteiger partial charge in [-0.2, -0.15) is 4.52 Å². The highest BCUT2D eigenvalue weighted by molar-refractivity contribution is 7.20. The van der Waals surface area contributed by atoms with Crippen LogP contribution in [-0.4, -0.2) is 40.1 Å². The van der Waals surface area contributed by atoms with Crippen LogP contribution in [0.3, 0.4) is 0 Å². The van der Waals surface area contributed by atoms with Crippen molar-refractivity contribution in [2.75, 3.05) is 18.5 Å². The fourth-order valence-corrected chi connectivity index (χ4v) is 3.90. The van der Waals surface area contributed by atoms with Gasteiger partial charge in [0.25, 0.3) is 5.56 Å². The Morgan fingerprint density at radius 2 is 2.21 bits per heavy atom. The Bertz CT molecular complexity index is 778. The van der Waals surface area contributed by atoms with Crippen LogP contribution in [0.4, 0.5) is 5.13 Å². The highest BCUT2D eigenvalue weighted by Crippen LogP contribution is 2.21. The maximum absolute atomic E-state index is 12.1. The van der Waals surface area contributed by atoms with Crippen molar-refractivity contribution in [3.8, 4) is 0 Å². The van der Waals surface area contributed by atoms with Crippen molar-refractivity contribution in [2.24, 2.45) is 0 Å². The Morgan fingerprint density at radius 3 is 2.92 bits per heavy atom. The predicted molar refractivity (Wildman–Crippen MR) is 94.8 cm³/mol. The Balaban J connectivity index is 1.72. The molecular formula is C16H23N5O2S. The average molecular weight is 349 g/mol. The molecule has 0 radical (unpaired) electrons. The molecule has 0 aromatic carbocycles. The molecule has 24 heavy (non-hydrogen) atoms. The van der Waals surface area contributed by atoms with E-state index in [1.807, 2.05) is 7.05 Å². The Labute approximate surface area is 144 Å². The molecule has 1 amide bonds. The van der Waals surface area contributed by atoms with Gasteiger partial charge in [-0.25, -0.2) is 4.98 Å². The van der Waals surface area contributed by atoms with Crippen molar-refractivity contribution in [1.29, 1.82) is 0 Å². The van der Waals surface area contributed by atoms with Crippen molar-refractivity contribution in [3.05, 3.63) is 22.1 Å². The van der Waals surface area contributed by atoms with Crippen LogP contribution in [-0.2, 0) is 11.2 Å². The van der Waals surface area contributed by atoms with Gasteiger partial charge in [0.2, 0.25) is 16.0 Å². The van der Waals surface area contributed by atoms with Gasteiger partial charge in [-0.3, -0.25) is 9.59 Å². The topological polar surface area (TPSA) is 79.6 Å². The van der Waals surface area contributed by atoms with Crippen molar-refractivity contribution in [1.82, 2.24) is 19.9 Å². The van der Waals surface area contributed by atoms with Gasteiger partial charge in [0.15, 0.2) is 0 Å². The van der Waals surface area contributed by atoms with E-state index >= 15 is 0 Å². The third kappa shape index (κ3) is 3.75. The summed E-state index contributed by atoms with van der Waals surface area (Å²) in [5, 5.41) is 7.99. The molecule has 1 saturated carbocycles. The molecule has 2 aromatic rings. The second-order valence-electron chi connectivity index (χ2n) is 6.32. The van der Waals surface area contributed by atoms with Crippen LogP contribution < -0.4 is 15.8 Å². The molecule has 3 rings (SSSR count). The summed E-state index contributed by atoms with van der Waals surface area (Å²) in [6.45, 7) is 2.28. The van der Waals surface area contributed by atoms with Crippen LogP contribution in [0.1, 0.15) is 44.7 Å². The standard InChI is InChI=1S/C16H23N5O2S/c1-3-6-12-9-14(23)21-15(18-12)24-16(19-21)20(2)10-13(22)17-11-7-4-5-8-11/h9,11H,3-8,10H2,1-2H3,(H,17,22). The van der Waals surface area contributed by atoms with Crippen molar-refractivity contribution in [3.63, 3.8) is 0 Å². The molecule has 0 bridgehead atoms. The molecule has 0 atom stereocenters. The van der Waals surface area contributed by atoms with Crippen molar-refractivity contribution < 1.29 is 4.79 Å². The molecule has 0 spiro atoms. The number of rotatable bonds is 6. The van der Waals surface area contributed by atoms with Gasteiger partial charge in [-0.1, -0.05) is 37.5 Å². The number of amides is 1. The average Bonchev–Trinajstić information content (AvgIpc) is 3.16. The monoisotopic (exact) mass is 349 g/mol. The summed E-state index contributed by atoms with van der Waals surface area (Å²) in [4.78, 5) is 31.1. The number of nitrogens with zero attached hydrogens (tertiary/aromatic N) is 4. The number of hydrogen-bond acceptors (Lipinski definition) is 6. The van der Waals surface area contributed by atoms with Crippen molar-refractivity contribution >= 4 is 27.3 Å². The molecule has 1 aliphatic carbocycles. The van der Waals surface area contributed by atoms with Gasteiger partial charge in [-0.05, 0) is 19.3 Å². The van der Waals surface area contributed by atoms with Crippen LogP contribution in [0, 0.1) is 0 Å². The van der Waals surface area contributed by atoms with Crippen LogP contribution in [0.25, 0.3) is 4.96 Å². The fourth-order valence-electron chi connectivity index (χ4n) is 3.01. The Kier molecular flexibility index (Phi) is 5.13. The molecule has 7 nitrogen and oxygen atoms in total. The number of anilines is 1. The molecule has 0 saturated heterocycles. The highest BCUT2D eigenvalue weighted by atomic mass is 32.1. The van der Waals surface area contributed by atoms with Gasteiger partial charge in [0, 0.05) is 24.8 Å². The van der Waals surface area contributed by atoms with E-state index in [0.29, 0.717) is 16.1 Å². The summed E-state index contributed by atoms with van der Waals surface area (Å²) in [6.07, 6.45) is 6.22. The minimum absolute atomic E-state index is 0.00404. The van der Waals surface area contributed by atoms with Crippen LogP contribution >= 0.6 is 11.3 Å². The second kappa shape index (κ2) is 7.29. The summed E-state index contributed by atoms with van der Waals surface area (Å²) in [5.41, 5.74) is 0.620. The number of likely N-dealkylation sites (N-methyl/N-ethyl adjacent to an activating group) is 1. The number of nitrogens with one attached hydrogen (secondary N) is 1. The maximum Gasteiger partial charge on any atom is 0.275 e. The van der Waals surface area contributed by atoms with Crippen LogP contribution in [0.15, 0.2) is 10.9 Å². The molecule has 1 aliphatic rings. The number of hydrogen-bond donors (Lipinski definition) is 1. The second-order valence-corrected chi connectivity index (χ2v) is 7.25. The van der Waals surface area contributed by atoms with E-state index in [9.17, 15) is 9.59 Å². The third-order valence-corrected chi connectivity index (χ3v) is 5.24. The summed E-state index contributed by atoms with van der Waals surface area (Å²) in [5.74, 6) is -0.00404. The molecule has 1 N–H and O–H groups in total. The van der Waals surface area contributed by atoms with Gasteiger partial charge in [0.1, 0.15) is 0 Å². The van der Waals surface area contributed by atoms with E-state index < -0.39 is 0 Å². The largest absolute Gasteiger partial charge is 0.352 e. The highest BCUT2D eigenvalue weighted by Gasteiger charge is 2.19. The summed E-state index contributed by atoms with van der Waals surface area (Å²) in [7, 11) is 1.81. The number of aromatic nitrogens is 3. The zero-order chi connectivity index (χ0) is 17.1. The Morgan fingerprint density at radius 1 is 1.46 bits per heavy atom. The summed E-state index contributed by atoms with van der Waals surface area (Å²) in [6, 6.07) is 1.84. The molecule has 2 heterocycles. The molecule has 0 aliphatic heterocycles. The SMILES string of the molecule is CCCc1cc(=O)n2nc(N(C)CC(=O)NC3CCCC3)sc2n1. The smallest absolute Gasteiger partial charge is 0.275 e. The van der Waals surface area contributed by atoms with Gasteiger partial charge in [-0.15, -0.1) is 5.10 Å². The maximum atomic E-state index is 12.1. The summed E-state index contributed by atoms with van der Waals surface area (Å²) < 4.78 is 1.31. The number of carbonyl (C=O) groups excluding carboxylic acids is 1. The number of aryl methyl sites for hydroxylation is 1. The van der Waals surface area contributed by atoms with Crippen LogP contribution in [0.5, 0.6) is 0 Å². The first kappa shape index (κ1) is 16.9. The molecule has 2 aromatic heterocycles. The lowest BCUT2D eigenvalue weighted by molar-refractivity contribution is -0.120. The van der Waals surface area contributed by atoms with E-state index in [4.69, 9.17) is 0 Å². The molecular weight excluding hydrogens is 326 g/mol. The minimum Gasteiger partial charge on any atom is -0.352 e. The summed E-state index contributed by atoms with van der Waals surface area (Å²) >= 11 is 1.33. The molecule has 0 unspecified atom stereocenters. The van der Waals surface area contributed by atoms with Crippen LogP contribution in [0.2, 0.25) is 0 Å². The molecule has 130 valence electrons. The zero-order valence-electron chi connectivity index (χ0n) is 14.1. The first-order valence-corrected chi connectivity index (χ1v) is 9.28. The first-order chi connectivity index (χ1) is 11.6. The number of fused-ring (bicyclic) bond motifs is 1. The first-order valence-electron chi connectivity index (χ1n) is 8.47. The van der Waals surface area contributed by atoms with Crippen molar-refractivity contribution in [2.45, 2.75) is 51.5 Å². The van der Waals surface area contributed by atoms with E-state index in [1.54, 1.807) is 4.90 Å². The van der Waals surface area contributed by atoms with Gasteiger partial charge in [0.05, 0.1) is 6.54 Å². The lowest BCUT2D eigenvalue weighted by Gasteiger charge is -2.17. The van der Waals surface area contributed by atoms with E-state index in [-0.39, 0.29) is 18.0 Å². The van der Waals surface area contributed by atoms with Gasteiger partial charge >= 0.3 is 0 Å². The van der Waals surface area contributed by atoms with E-state index in [1.165, 1.54) is 34.8 Å². The minimum atomic E-state index is -0.172. The lowest BCUT2D eigenvalue weighted by atomic mass is 10.2. The lowest BCUT2D eigenvalue weighted by Crippen LogP contribution is -2.40. The number of carbonyl (C=O) groups is 1. The normalized spacial score (nSPS) is 15.1. The van der Waals surface area contributed by atoms with Gasteiger partial charge < -0.3 is 10.2 Å².